The van der Waals surface area contributed by atoms with Crippen LogP contribution in [0, 0.1) is 29.5 Å². The Kier molecular flexibility index (Phi) is 10.3. The maximum Gasteiger partial charge on any atom is 0.416 e. The topological polar surface area (TPSA) is 111 Å². The Morgan fingerprint density at radius 3 is 2.18 bits per heavy atom. The molecule has 1 saturated heterocycles. The number of aromatic hydroxyl groups is 1. The lowest BCUT2D eigenvalue weighted by molar-refractivity contribution is -0.143. The number of aliphatic hydroxyl groups excluding tert-OH is 2. The van der Waals surface area contributed by atoms with Crippen LogP contribution in [0.25, 0.3) is 11.6 Å². The van der Waals surface area contributed by atoms with Gasteiger partial charge in [0.05, 0.1) is 47.1 Å². The van der Waals surface area contributed by atoms with E-state index >= 15 is 0 Å². The predicted molar refractivity (Wildman–Crippen MR) is 168 cm³/mol. The molecule has 0 radical (unpaired) electrons. The van der Waals surface area contributed by atoms with Crippen LogP contribution in [-0.4, -0.2) is 44.8 Å². The number of hydrogen-bond donors (Lipinski definition) is 3. The molecule has 266 valence electrons. The van der Waals surface area contributed by atoms with Crippen molar-refractivity contribution in [3.8, 4) is 5.75 Å². The summed E-state index contributed by atoms with van der Waals surface area (Å²) in [6, 6.07) is 9.42. The summed E-state index contributed by atoms with van der Waals surface area (Å²) in [5, 5.41) is 31.9. The molecule has 2 heterocycles. The van der Waals surface area contributed by atoms with E-state index in [0.29, 0.717) is 39.4 Å². The molecule has 7 nitrogen and oxygen atoms in total. The molecule has 0 unspecified atom stereocenters. The van der Waals surface area contributed by atoms with Crippen LogP contribution in [0.4, 0.5) is 36.4 Å². The monoisotopic (exact) mass is 706 g/mol. The van der Waals surface area contributed by atoms with Crippen LogP contribution < -0.4 is 4.90 Å². The second kappa shape index (κ2) is 14.0. The number of nitrogens with zero attached hydrogens (tertiary/aromatic N) is 2. The van der Waals surface area contributed by atoms with Crippen molar-refractivity contribution >= 4 is 29.2 Å². The highest BCUT2D eigenvalue weighted by atomic mass is 19.4. The Bertz CT molecular complexity index is 1800. The first-order chi connectivity index (χ1) is 23.4. The average Bonchev–Trinajstić information content (AvgIpc) is 3.31. The van der Waals surface area contributed by atoms with E-state index in [9.17, 15) is 55.6 Å². The standard InChI is InChI=1S/C36H33F7N2O5/c1-18(2)24-16-25-32(34(50)45(33(25)49)23-14-21(35(38,39)40)13-22(15-23)36(41,42)43)26(17-46)31(24)30(48)9-7-20(28-5-3-4-10-44-28)11-19-6-8-29(47)27(37)12-19/h3-6,8,10-15,18,25-26,30,32,46-48H,7,9,16-17H2,1-2H3/b20-11-/t25-,26+,30-,32-/m1/s1. The smallest absolute Gasteiger partial charge is 0.416 e. The van der Waals surface area contributed by atoms with Gasteiger partial charge in [-0.2, -0.15) is 26.3 Å². The van der Waals surface area contributed by atoms with Crippen molar-refractivity contribution in [2.75, 3.05) is 11.5 Å². The van der Waals surface area contributed by atoms with Crippen molar-refractivity contribution < 1.29 is 55.6 Å². The van der Waals surface area contributed by atoms with Gasteiger partial charge in [-0.25, -0.2) is 9.29 Å². The summed E-state index contributed by atoms with van der Waals surface area (Å²) in [6.07, 6.45) is -8.56. The number of phenols is 1. The first-order valence-corrected chi connectivity index (χ1v) is 15.7. The van der Waals surface area contributed by atoms with Gasteiger partial charge in [-0.15, -0.1) is 0 Å². The highest BCUT2D eigenvalue weighted by molar-refractivity contribution is 6.22. The fourth-order valence-electron chi connectivity index (χ4n) is 6.86. The number of aromatic nitrogens is 1. The molecule has 3 N–H and O–H groups in total. The Labute approximate surface area is 282 Å². The Hall–Kier alpha value is -4.56. The second-order valence-electron chi connectivity index (χ2n) is 12.7. The number of allylic oxidation sites excluding steroid dienone is 2. The Balaban J connectivity index is 1.50. The van der Waals surface area contributed by atoms with E-state index in [4.69, 9.17) is 0 Å². The number of rotatable bonds is 9. The lowest BCUT2D eigenvalue weighted by Crippen LogP contribution is -2.40. The van der Waals surface area contributed by atoms with Crippen LogP contribution in [0.5, 0.6) is 5.75 Å². The van der Waals surface area contributed by atoms with E-state index in [-0.39, 0.29) is 36.8 Å². The minimum atomic E-state index is -5.22. The van der Waals surface area contributed by atoms with Crippen LogP contribution in [0.2, 0.25) is 0 Å². The average molecular weight is 707 g/mol. The number of carbonyl (C=O) groups excluding carboxylic acids is 2. The van der Waals surface area contributed by atoms with Gasteiger partial charge in [0.25, 0.3) is 0 Å². The molecule has 0 bridgehead atoms. The number of alkyl halides is 6. The molecule has 1 aromatic heterocycles. The minimum Gasteiger partial charge on any atom is -0.505 e. The van der Waals surface area contributed by atoms with Crippen LogP contribution in [0.3, 0.4) is 0 Å². The van der Waals surface area contributed by atoms with Crippen molar-refractivity contribution in [2.24, 2.45) is 23.7 Å². The molecule has 1 fully saturated rings. The fourth-order valence-corrected chi connectivity index (χ4v) is 6.86. The first-order valence-electron chi connectivity index (χ1n) is 15.7. The van der Waals surface area contributed by atoms with Gasteiger partial charge in [0.2, 0.25) is 11.8 Å². The molecule has 1 aliphatic carbocycles. The summed E-state index contributed by atoms with van der Waals surface area (Å²) in [7, 11) is 0. The van der Waals surface area contributed by atoms with Gasteiger partial charge in [0.1, 0.15) is 0 Å². The van der Waals surface area contributed by atoms with E-state index in [2.05, 4.69) is 4.98 Å². The third kappa shape index (κ3) is 7.31. The minimum absolute atomic E-state index is 0.00314. The van der Waals surface area contributed by atoms with E-state index in [1.165, 1.54) is 18.3 Å². The SMILES string of the molecule is CC(C)C1=C([C@H](O)CC/C(=C/c2ccc(O)c(F)c2)c2ccccn2)[C@H](CO)[C@@H]2C(=O)N(c3cc(C(F)(F)F)cc(C(F)(F)F)c3)C(=O)[C@@H]2C1. The first kappa shape index (κ1) is 36.7. The van der Waals surface area contributed by atoms with Crippen molar-refractivity contribution in [1.82, 2.24) is 4.98 Å². The van der Waals surface area contributed by atoms with Crippen molar-refractivity contribution in [3.05, 3.63) is 100 Å². The molecule has 1 aliphatic heterocycles. The number of fused-ring (bicyclic) bond motifs is 1. The number of pyridine rings is 1. The molecular formula is C36H33F7N2O5. The lowest BCUT2D eigenvalue weighted by Gasteiger charge is -2.38. The summed E-state index contributed by atoms with van der Waals surface area (Å²) in [6.45, 7) is 2.77. The number of benzene rings is 2. The van der Waals surface area contributed by atoms with Gasteiger partial charge < -0.3 is 15.3 Å². The molecule has 2 aromatic carbocycles. The molecular weight excluding hydrogens is 673 g/mol. The van der Waals surface area contributed by atoms with Crippen LogP contribution >= 0.6 is 0 Å². The molecule has 4 atom stereocenters. The van der Waals surface area contributed by atoms with Crippen molar-refractivity contribution in [3.63, 3.8) is 0 Å². The van der Waals surface area contributed by atoms with Gasteiger partial charge in [0, 0.05) is 12.1 Å². The van der Waals surface area contributed by atoms with E-state index < -0.39 is 83.0 Å². The number of carbonyl (C=O) groups is 2. The normalized spacial score (nSPS) is 20.9. The molecule has 0 spiro atoms. The zero-order valence-corrected chi connectivity index (χ0v) is 26.8. The fraction of sp³-hybridized carbons (Fsp3) is 0.361. The molecule has 3 aromatic rings. The highest BCUT2D eigenvalue weighted by Gasteiger charge is 2.56. The van der Waals surface area contributed by atoms with Crippen molar-refractivity contribution in [1.29, 1.82) is 0 Å². The van der Waals surface area contributed by atoms with E-state index in [1.54, 1.807) is 38.1 Å². The second-order valence-corrected chi connectivity index (χ2v) is 12.7. The molecule has 50 heavy (non-hydrogen) atoms. The number of amides is 2. The number of aliphatic hydroxyl groups is 2. The summed E-state index contributed by atoms with van der Waals surface area (Å²) in [4.78, 5) is 32.2. The number of phenolic OH excluding ortho intramolecular Hbond substituents is 1. The number of hydrogen-bond acceptors (Lipinski definition) is 6. The summed E-state index contributed by atoms with van der Waals surface area (Å²) < 4.78 is 96.0. The van der Waals surface area contributed by atoms with Gasteiger partial charge in [-0.3, -0.25) is 14.6 Å². The molecule has 14 heteroatoms. The number of anilines is 1. The Morgan fingerprint density at radius 1 is 0.980 bits per heavy atom. The van der Waals surface area contributed by atoms with E-state index in [0.717, 1.165) is 6.07 Å². The van der Waals surface area contributed by atoms with E-state index in [1.807, 2.05) is 0 Å². The summed E-state index contributed by atoms with van der Waals surface area (Å²) in [5.41, 5.74) is -2.02. The zero-order chi connectivity index (χ0) is 36.7. The van der Waals surface area contributed by atoms with Gasteiger partial charge in [-0.1, -0.05) is 31.6 Å². The van der Waals surface area contributed by atoms with Gasteiger partial charge in [-0.05, 0) is 90.4 Å². The molecule has 2 amide bonds. The predicted octanol–water partition coefficient (Wildman–Crippen LogP) is 7.42. The maximum absolute atomic E-state index is 14.1. The van der Waals surface area contributed by atoms with Gasteiger partial charge in [0.15, 0.2) is 11.6 Å². The quantitative estimate of drug-likeness (QED) is 0.121. The van der Waals surface area contributed by atoms with Crippen LogP contribution in [0.1, 0.15) is 55.5 Å². The third-order valence-corrected chi connectivity index (χ3v) is 9.20. The third-order valence-electron chi connectivity index (χ3n) is 9.20. The van der Waals surface area contributed by atoms with Crippen molar-refractivity contribution in [2.45, 2.75) is 51.6 Å². The molecule has 5 rings (SSSR count). The summed E-state index contributed by atoms with van der Waals surface area (Å²) >= 11 is 0. The molecule has 0 saturated carbocycles. The Morgan fingerprint density at radius 2 is 1.64 bits per heavy atom. The maximum atomic E-state index is 14.1. The zero-order valence-electron chi connectivity index (χ0n) is 26.8. The largest absolute Gasteiger partial charge is 0.505 e. The van der Waals surface area contributed by atoms with Gasteiger partial charge >= 0.3 is 12.4 Å². The molecule has 2 aliphatic rings. The lowest BCUT2D eigenvalue weighted by atomic mass is 9.66. The van der Waals surface area contributed by atoms with Crippen LogP contribution in [-0.2, 0) is 21.9 Å². The van der Waals surface area contributed by atoms with Crippen LogP contribution in [0.15, 0.2) is 71.9 Å². The summed E-state index contributed by atoms with van der Waals surface area (Å²) in [5.74, 6) is -7.55. The highest BCUT2D eigenvalue weighted by Crippen LogP contribution is 2.50. The number of halogens is 7. The number of imide groups is 1.